The van der Waals surface area contributed by atoms with E-state index in [1.807, 2.05) is 42.2 Å². The minimum atomic E-state index is -0.811. The summed E-state index contributed by atoms with van der Waals surface area (Å²) in [7, 11) is 0. The van der Waals surface area contributed by atoms with Gasteiger partial charge in [0.1, 0.15) is 11.3 Å². The van der Waals surface area contributed by atoms with Gasteiger partial charge in [0.15, 0.2) is 0 Å². The number of aliphatic carboxylic acids is 1. The zero-order valence-electron chi connectivity index (χ0n) is 12.2. The summed E-state index contributed by atoms with van der Waals surface area (Å²) in [5.41, 5.74) is 0.842. The van der Waals surface area contributed by atoms with Gasteiger partial charge in [-0.15, -0.1) is 0 Å². The molecule has 0 saturated heterocycles. The van der Waals surface area contributed by atoms with E-state index in [2.05, 4.69) is 13.8 Å². The Morgan fingerprint density at radius 1 is 1.30 bits per heavy atom. The number of carboxylic acids is 1. The largest absolute Gasteiger partial charge is 0.480 e. The van der Waals surface area contributed by atoms with E-state index < -0.39 is 5.97 Å². The van der Waals surface area contributed by atoms with E-state index in [0.29, 0.717) is 5.92 Å². The molecule has 1 aromatic carbocycles. The van der Waals surface area contributed by atoms with Crippen LogP contribution in [0.2, 0.25) is 0 Å². The van der Waals surface area contributed by atoms with Crippen LogP contribution in [-0.4, -0.2) is 29.1 Å². The van der Waals surface area contributed by atoms with Crippen LogP contribution in [0.25, 0.3) is 11.0 Å². The van der Waals surface area contributed by atoms with E-state index in [9.17, 15) is 4.79 Å². The first-order chi connectivity index (χ1) is 9.47. The standard InChI is InChI=1S/C16H21NO3/c1-11(2)9-17(10-16(18)19)12(3)15-8-13-6-4-5-7-14(13)20-15/h4-8,11-12H,9-10H2,1-3H3,(H,18,19). The highest BCUT2D eigenvalue weighted by atomic mass is 16.4. The second-order valence-corrected chi connectivity index (χ2v) is 5.58. The number of rotatable bonds is 6. The van der Waals surface area contributed by atoms with Crippen molar-refractivity contribution in [3.63, 3.8) is 0 Å². The molecule has 2 aromatic rings. The van der Waals surface area contributed by atoms with Crippen LogP contribution in [0.15, 0.2) is 34.7 Å². The molecule has 108 valence electrons. The molecule has 1 aromatic heterocycles. The molecular weight excluding hydrogens is 254 g/mol. The summed E-state index contributed by atoms with van der Waals surface area (Å²) in [6, 6.07) is 9.77. The first-order valence-electron chi connectivity index (χ1n) is 6.91. The Hall–Kier alpha value is -1.81. The number of furan rings is 1. The third-order valence-electron chi connectivity index (χ3n) is 3.34. The van der Waals surface area contributed by atoms with Gasteiger partial charge in [0, 0.05) is 11.9 Å². The molecular formula is C16H21NO3. The summed E-state index contributed by atoms with van der Waals surface area (Å²) < 4.78 is 5.84. The zero-order chi connectivity index (χ0) is 14.7. The molecule has 2 rings (SSSR count). The average Bonchev–Trinajstić information content (AvgIpc) is 2.79. The van der Waals surface area contributed by atoms with Gasteiger partial charge < -0.3 is 9.52 Å². The number of carbonyl (C=O) groups is 1. The normalized spacial score (nSPS) is 13.2. The lowest BCUT2D eigenvalue weighted by Gasteiger charge is -2.27. The molecule has 0 aliphatic rings. The number of carboxylic acid groups (broad SMARTS) is 1. The van der Waals surface area contributed by atoms with Crippen LogP contribution in [0.3, 0.4) is 0 Å². The Balaban J connectivity index is 2.25. The third kappa shape index (κ3) is 3.39. The molecule has 0 spiro atoms. The average molecular weight is 275 g/mol. The molecule has 0 aliphatic carbocycles. The zero-order valence-corrected chi connectivity index (χ0v) is 12.2. The third-order valence-corrected chi connectivity index (χ3v) is 3.34. The van der Waals surface area contributed by atoms with Crippen molar-refractivity contribution in [2.45, 2.75) is 26.8 Å². The SMILES string of the molecule is CC(C)CN(CC(=O)O)C(C)c1cc2ccccc2o1. The van der Waals surface area contributed by atoms with Crippen LogP contribution in [0.5, 0.6) is 0 Å². The molecule has 0 radical (unpaired) electrons. The van der Waals surface area contributed by atoms with E-state index in [-0.39, 0.29) is 12.6 Å². The van der Waals surface area contributed by atoms with E-state index in [0.717, 1.165) is 23.3 Å². The summed E-state index contributed by atoms with van der Waals surface area (Å²) >= 11 is 0. The summed E-state index contributed by atoms with van der Waals surface area (Å²) in [4.78, 5) is 13.0. The lowest BCUT2D eigenvalue weighted by Crippen LogP contribution is -2.35. The highest BCUT2D eigenvalue weighted by Gasteiger charge is 2.22. The summed E-state index contributed by atoms with van der Waals surface area (Å²) in [5, 5.41) is 10.1. The number of para-hydroxylation sites is 1. The lowest BCUT2D eigenvalue weighted by molar-refractivity contribution is -0.139. The number of hydrogen-bond donors (Lipinski definition) is 1. The van der Waals surface area contributed by atoms with Gasteiger partial charge in [-0.25, -0.2) is 0 Å². The van der Waals surface area contributed by atoms with E-state index in [4.69, 9.17) is 9.52 Å². The number of fused-ring (bicyclic) bond motifs is 1. The van der Waals surface area contributed by atoms with E-state index >= 15 is 0 Å². The molecule has 0 amide bonds. The minimum Gasteiger partial charge on any atom is -0.480 e. The fourth-order valence-electron chi connectivity index (χ4n) is 2.39. The second kappa shape index (κ2) is 6.09. The smallest absolute Gasteiger partial charge is 0.317 e. The van der Waals surface area contributed by atoms with Crippen molar-refractivity contribution in [1.82, 2.24) is 4.90 Å². The van der Waals surface area contributed by atoms with Crippen LogP contribution in [0.1, 0.15) is 32.6 Å². The van der Waals surface area contributed by atoms with Gasteiger partial charge in [-0.3, -0.25) is 9.69 Å². The predicted octanol–water partition coefficient (Wildman–Crippen LogP) is 3.54. The van der Waals surface area contributed by atoms with Gasteiger partial charge in [0.25, 0.3) is 0 Å². The fraction of sp³-hybridized carbons (Fsp3) is 0.438. The maximum atomic E-state index is 11.0. The number of hydrogen-bond acceptors (Lipinski definition) is 3. The first kappa shape index (κ1) is 14.6. The Labute approximate surface area is 119 Å². The minimum absolute atomic E-state index is 0.0242. The Morgan fingerprint density at radius 3 is 2.60 bits per heavy atom. The fourth-order valence-corrected chi connectivity index (χ4v) is 2.39. The second-order valence-electron chi connectivity index (χ2n) is 5.58. The van der Waals surface area contributed by atoms with Gasteiger partial charge in [-0.2, -0.15) is 0 Å². The van der Waals surface area contributed by atoms with Crippen molar-refractivity contribution in [1.29, 1.82) is 0 Å². The van der Waals surface area contributed by atoms with Crippen molar-refractivity contribution < 1.29 is 14.3 Å². The maximum absolute atomic E-state index is 11.0. The highest BCUT2D eigenvalue weighted by Crippen LogP contribution is 2.27. The first-order valence-corrected chi connectivity index (χ1v) is 6.91. The van der Waals surface area contributed by atoms with Crippen molar-refractivity contribution in [2.75, 3.05) is 13.1 Å². The maximum Gasteiger partial charge on any atom is 0.317 e. The van der Waals surface area contributed by atoms with Crippen LogP contribution in [0, 0.1) is 5.92 Å². The molecule has 4 nitrogen and oxygen atoms in total. The van der Waals surface area contributed by atoms with Crippen molar-refractivity contribution >= 4 is 16.9 Å². The van der Waals surface area contributed by atoms with Crippen molar-refractivity contribution in [2.24, 2.45) is 5.92 Å². The van der Waals surface area contributed by atoms with Crippen LogP contribution in [0.4, 0.5) is 0 Å². The Morgan fingerprint density at radius 2 is 2.00 bits per heavy atom. The van der Waals surface area contributed by atoms with Gasteiger partial charge in [0.2, 0.25) is 0 Å². The van der Waals surface area contributed by atoms with Crippen LogP contribution < -0.4 is 0 Å². The Kier molecular flexibility index (Phi) is 4.45. The molecule has 0 fully saturated rings. The summed E-state index contributed by atoms with van der Waals surface area (Å²) in [6.07, 6.45) is 0. The van der Waals surface area contributed by atoms with Gasteiger partial charge in [-0.1, -0.05) is 32.0 Å². The molecule has 1 unspecified atom stereocenters. The van der Waals surface area contributed by atoms with Gasteiger partial charge in [0.05, 0.1) is 12.6 Å². The molecule has 1 heterocycles. The van der Waals surface area contributed by atoms with Gasteiger partial charge in [-0.05, 0) is 25.0 Å². The van der Waals surface area contributed by atoms with Crippen LogP contribution in [-0.2, 0) is 4.79 Å². The Bertz CT molecular complexity index is 555. The highest BCUT2D eigenvalue weighted by molar-refractivity contribution is 5.77. The molecule has 0 bridgehead atoms. The van der Waals surface area contributed by atoms with Crippen molar-refractivity contribution in [3.8, 4) is 0 Å². The quantitative estimate of drug-likeness (QED) is 0.876. The van der Waals surface area contributed by atoms with Gasteiger partial charge >= 0.3 is 5.97 Å². The van der Waals surface area contributed by atoms with E-state index in [1.54, 1.807) is 0 Å². The lowest BCUT2D eigenvalue weighted by atomic mass is 10.1. The predicted molar refractivity (Wildman–Crippen MR) is 78.7 cm³/mol. The molecule has 0 saturated carbocycles. The topological polar surface area (TPSA) is 53.7 Å². The molecule has 4 heteroatoms. The van der Waals surface area contributed by atoms with Crippen LogP contribution >= 0.6 is 0 Å². The number of nitrogens with zero attached hydrogens (tertiary/aromatic N) is 1. The molecule has 0 aliphatic heterocycles. The van der Waals surface area contributed by atoms with E-state index in [1.165, 1.54) is 0 Å². The molecule has 20 heavy (non-hydrogen) atoms. The monoisotopic (exact) mass is 275 g/mol. The molecule has 1 atom stereocenters. The van der Waals surface area contributed by atoms with Crippen molar-refractivity contribution in [3.05, 3.63) is 36.1 Å². The number of benzene rings is 1. The summed E-state index contributed by atoms with van der Waals surface area (Å²) in [5.74, 6) is 0.405. The summed E-state index contributed by atoms with van der Waals surface area (Å²) in [6.45, 7) is 6.91. The molecule has 1 N–H and O–H groups in total.